The van der Waals surface area contributed by atoms with Crippen molar-refractivity contribution in [3.8, 4) is 34.5 Å². The molecular formula is C42H50N4O9. The molecule has 2 aliphatic heterocycles. The molecule has 0 unspecified atom stereocenters. The molecule has 0 saturated heterocycles. The summed E-state index contributed by atoms with van der Waals surface area (Å²) in [5.74, 6) is 3.00. The summed E-state index contributed by atoms with van der Waals surface area (Å²) in [6, 6.07) is 21.8. The normalized spacial score (nSPS) is 13.1. The second-order valence-corrected chi connectivity index (χ2v) is 13.5. The minimum Gasteiger partial charge on any atom is -0.497 e. The molecule has 2 heterocycles. The van der Waals surface area contributed by atoms with Crippen LogP contribution in [0.3, 0.4) is 0 Å². The van der Waals surface area contributed by atoms with Crippen molar-refractivity contribution in [3.63, 3.8) is 0 Å². The largest absolute Gasteiger partial charge is 0.497 e. The quantitative estimate of drug-likeness (QED) is 0.140. The fourth-order valence-corrected chi connectivity index (χ4v) is 6.22. The van der Waals surface area contributed by atoms with Crippen LogP contribution in [0.2, 0.25) is 0 Å². The smallest absolute Gasteiger partial charge is 0.265 e. The van der Waals surface area contributed by atoms with Gasteiger partial charge < -0.3 is 43.1 Å². The van der Waals surface area contributed by atoms with Crippen molar-refractivity contribution < 1.29 is 42.8 Å². The Morgan fingerprint density at radius 1 is 0.564 bits per heavy atom. The van der Waals surface area contributed by atoms with Crippen LogP contribution in [0.25, 0.3) is 0 Å². The van der Waals surface area contributed by atoms with E-state index in [1.54, 1.807) is 57.7 Å². The number of carbonyl (C=O) groups is 3. The molecule has 0 N–H and O–H groups in total. The molecule has 0 spiro atoms. The van der Waals surface area contributed by atoms with Crippen LogP contribution in [-0.2, 0) is 19.6 Å². The maximum atomic E-state index is 13.0. The highest BCUT2D eigenvalue weighted by molar-refractivity contribution is 6.22. The highest BCUT2D eigenvalue weighted by Crippen LogP contribution is 2.35. The molecule has 4 aromatic carbocycles. The van der Waals surface area contributed by atoms with E-state index in [-0.39, 0.29) is 24.3 Å². The van der Waals surface area contributed by atoms with Crippen LogP contribution in [0.15, 0.2) is 72.8 Å². The van der Waals surface area contributed by atoms with Gasteiger partial charge in [-0.3, -0.25) is 19.3 Å². The third-order valence-corrected chi connectivity index (χ3v) is 9.21. The van der Waals surface area contributed by atoms with Crippen molar-refractivity contribution in [2.45, 2.75) is 19.6 Å². The number of ether oxygens (including phenoxy) is 6. The van der Waals surface area contributed by atoms with Gasteiger partial charge in [0.05, 0.1) is 51.7 Å². The number of benzene rings is 4. The zero-order valence-electron chi connectivity index (χ0n) is 32.8. The van der Waals surface area contributed by atoms with Crippen LogP contribution in [0.5, 0.6) is 34.5 Å². The molecule has 13 nitrogen and oxygen atoms in total. The number of methoxy groups -OCH3 is 4. The van der Waals surface area contributed by atoms with Crippen LogP contribution in [0.4, 0.5) is 0 Å². The molecule has 13 heteroatoms. The average molecular weight is 755 g/mol. The van der Waals surface area contributed by atoms with Crippen molar-refractivity contribution in [1.29, 1.82) is 0 Å². The van der Waals surface area contributed by atoms with Crippen LogP contribution in [0, 0.1) is 0 Å². The Kier molecular flexibility index (Phi) is 13.6. The Morgan fingerprint density at radius 2 is 1.09 bits per heavy atom. The first-order valence-corrected chi connectivity index (χ1v) is 17.9. The van der Waals surface area contributed by atoms with E-state index in [1.165, 1.54) is 12.0 Å². The van der Waals surface area contributed by atoms with Crippen LogP contribution >= 0.6 is 0 Å². The monoisotopic (exact) mass is 754 g/mol. The van der Waals surface area contributed by atoms with Gasteiger partial charge in [-0.05, 0) is 76.2 Å². The Hall–Kier alpha value is -5.79. The summed E-state index contributed by atoms with van der Waals surface area (Å²) in [4.78, 5) is 45.9. The molecule has 292 valence electrons. The molecule has 3 amide bonds. The third-order valence-electron chi connectivity index (χ3n) is 9.21. The zero-order valence-corrected chi connectivity index (χ0v) is 32.8. The first-order chi connectivity index (χ1) is 26.5. The van der Waals surface area contributed by atoms with Crippen LogP contribution < -0.4 is 28.4 Å². The predicted molar refractivity (Wildman–Crippen MR) is 208 cm³/mol. The van der Waals surface area contributed by atoms with E-state index in [4.69, 9.17) is 28.4 Å². The number of likely N-dealkylation sites (N-methyl/N-ethyl adjacent to an activating group) is 2. The Balaban J connectivity index is 0.000000211. The van der Waals surface area contributed by atoms with Gasteiger partial charge >= 0.3 is 0 Å². The Morgan fingerprint density at radius 3 is 1.62 bits per heavy atom. The number of carbonyl (C=O) groups excluding carboxylic acids is 3. The molecule has 2 aliphatic rings. The molecule has 0 aromatic heterocycles. The molecule has 6 rings (SSSR count). The Labute approximate surface area is 322 Å². The van der Waals surface area contributed by atoms with Crippen molar-refractivity contribution in [2.75, 3.05) is 82.9 Å². The van der Waals surface area contributed by atoms with Crippen molar-refractivity contribution in [3.05, 3.63) is 106 Å². The second kappa shape index (κ2) is 18.5. The number of hydrogen-bond acceptors (Lipinski definition) is 11. The van der Waals surface area contributed by atoms with E-state index in [2.05, 4.69) is 0 Å². The summed E-state index contributed by atoms with van der Waals surface area (Å²) >= 11 is 0. The van der Waals surface area contributed by atoms with Crippen LogP contribution in [-0.4, -0.2) is 120 Å². The number of hydrogen-bond donors (Lipinski definition) is 0. The number of imide groups is 1. The van der Waals surface area contributed by atoms with Gasteiger partial charge in [-0.25, -0.2) is 0 Å². The summed E-state index contributed by atoms with van der Waals surface area (Å²) in [5.41, 5.74) is 4.00. The SMILES string of the molecule is COc1ccc(CN2C(=O)c3cccc(OCCN(C)C)c3C2=O)c(OC)c1.COc1ccc(CN2Cc3cccc(OCCN(C)C)c3C2=O)c(OC)c1. The molecular weight excluding hydrogens is 704 g/mol. The number of fused-ring (bicyclic) bond motifs is 2. The fourth-order valence-electron chi connectivity index (χ4n) is 6.22. The van der Waals surface area contributed by atoms with Gasteiger partial charge in [-0.2, -0.15) is 0 Å². The third kappa shape index (κ3) is 9.48. The lowest BCUT2D eigenvalue weighted by atomic mass is 10.1. The topological polar surface area (TPSA) is 120 Å². The molecule has 0 saturated carbocycles. The molecule has 0 aliphatic carbocycles. The summed E-state index contributed by atoms with van der Waals surface area (Å²) in [7, 11) is 14.2. The van der Waals surface area contributed by atoms with Crippen molar-refractivity contribution >= 4 is 17.7 Å². The van der Waals surface area contributed by atoms with E-state index < -0.39 is 0 Å². The lowest BCUT2D eigenvalue weighted by Crippen LogP contribution is -2.29. The van der Waals surface area contributed by atoms with Gasteiger partial charge in [-0.15, -0.1) is 0 Å². The first-order valence-electron chi connectivity index (χ1n) is 17.9. The summed E-state index contributed by atoms with van der Waals surface area (Å²) < 4.78 is 32.9. The van der Waals surface area contributed by atoms with Gasteiger partial charge in [-0.1, -0.05) is 18.2 Å². The minimum absolute atomic E-state index is 0.0108. The lowest BCUT2D eigenvalue weighted by Gasteiger charge is -2.18. The molecule has 4 aromatic rings. The minimum atomic E-state index is -0.363. The molecule has 55 heavy (non-hydrogen) atoms. The molecule has 0 fully saturated rings. The van der Waals surface area contributed by atoms with Gasteiger partial charge in [0.2, 0.25) is 0 Å². The van der Waals surface area contributed by atoms with E-state index in [9.17, 15) is 14.4 Å². The summed E-state index contributed by atoms with van der Waals surface area (Å²) in [6.45, 7) is 3.62. The zero-order chi connectivity index (χ0) is 39.6. The predicted octanol–water partition coefficient (Wildman–Crippen LogP) is 5.24. The van der Waals surface area contributed by atoms with E-state index in [0.29, 0.717) is 83.8 Å². The van der Waals surface area contributed by atoms with Gasteiger partial charge in [0.15, 0.2) is 0 Å². The highest BCUT2D eigenvalue weighted by Gasteiger charge is 2.38. The summed E-state index contributed by atoms with van der Waals surface area (Å²) in [6.07, 6.45) is 0. The van der Waals surface area contributed by atoms with Crippen molar-refractivity contribution in [2.24, 2.45) is 0 Å². The number of amides is 3. The first kappa shape index (κ1) is 40.4. The number of nitrogens with zero attached hydrogens (tertiary/aromatic N) is 4. The lowest BCUT2D eigenvalue weighted by molar-refractivity contribution is 0.0639. The van der Waals surface area contributed by atoms with E-state index in [0.717, 1.165) is 23.4 Å². The summed E-state index contributed by atoms with van der Waals surface area (Å²) in [5, 5.41) is 0. The average Bonchev–Trinajstić information content (AvgIpc) is 3.63. The highest BCUT2D eigenvalue weighted by atomic mass is 16.5. The fraction of sp³-hybridized carbons (Fsp3) is 0.357. The maximum absolute atomic E-state index is 13.0. The van der Waals surface area contributed by atoms with Crippen molar-refractivity contribution in [1.82, 2.24) is 19.6 Å². The second-order valence-electron chi connectivity index (χ2n) is 13.5. The molecule has 0 radical (unpaired) electrons. The van der Waals surface area contributed by atoms with Gasteiger partial charge in [0.1, 0.15) is 47.7 Å². The van der Waals surface area contributed by atoms with Gasteiger partial charge in [0, 0.05) is 49.4 Å². The molecule has 0 atom stereocenters. The Bertz CT molecular complexity index is 2000. The standard InChI is InChI=1S/C21H24N2O5.C21H26N2O4/c1-22(2)10-11-28-17-7-5-6-16-19(17)21(25)23(20(16)24)13-14-8-9-15(26-3)12-18(14)27-4;1-22(2)10-11-27-18-7-5-6-16-14-23(21(24)20(16)18)13-15-8-9-17(25-3)12-19(15)26-4/h5-9,12H,10-11,13H2,1-4H3;5-9,12H,10-11,13-14H2,1-4H3. The van der Waals surface area contributed by atoms with E-state index in [1.807, 2.05) is 79.3 Å². The van der Waals surface area contributed by atoms with Crippen LogP contribution in [0.1, 0.15) is 47.8 Å². The molecule has 0 bridgehead atoms. The maximum Gasteiger partial charge on any atom is 0.265 e. The van der Waals surface area contributed by atoms with Gasteiger partial charge in [0.25, 0.3) is 17.7 Å². The van der Waals surface area contributed by atoms with E-state index >= 15 is 0 Å². The number of rotatable bonds is 16.